The zero-order valence-corrected chi connectivity index (χ0v) is 11.7. The average molecular weight is 284 g/mol. The van der Waals surface area contributed by atoms with E-state index in [1.54, 1.807) is 12.1 Å². The van der Waals surface area contributed by atoms with Crippen LogP contribution in [0.2, 0.25) is 10.0 Å². The van der Waals surface area contributed by atoms with Crippen molar-refractivity contribution in [3.8, 4) is 0 Å². The summed E-state index contributed by atoms with van der Waals surface area (Å²) in [6.07, 6.45) is 0. The molecule has 5 heteroatoms. The normalized spacial score (nSPS) is 17.1. The van der Waals surface area contributed by atoms with Crippen molar-refractivity contribution in [1.82, 2.24) is 5.32 Å². The van der Waals surface area contributed by atoms with Gasteiger partial charge < -0.3 is 16.8 Å². The monoisotopic (exact) mass is 283 g/mol. The molecule has 5 N–H and O–H groups in total. The van der Waals surface area contributed by atoms with Crippen LogP contribution in [0.5, 0.6) is 0 Å². The molecule has 0 spiro atoms. The number of benzene rings is 1. The van der Waals surface area contributed by atoms with Gasteiger partial charge in [0.15, 0.2) is 0 Å². The van der Waals surface area contributed by atoms with E-state index in [0.717, 1.165) is 17.0 Å². The molecule has 1 heterocycles. The van der Waals surface area contributed by atoms with Gasteiger partial charge in [0.2, 0.25) is 0 Å². The number of nitrogens with one attached hydrogen (secondary N) is 1. The van der Waals surface area contributed by atoms with Gasteiger partial charge in [0.05, 0.1) is 16.0 Å². The fourth-order valence-electron chi connectivity index (χ4n) is 2.08. The van der Waals surface area contributed by atoms with E-state index in [0.29, 0.717) is 21.4 Å². The first-order valence-corrected chi connectivity index (χ1v) is 6.32. The molecule has 0 saturated carbocycles. The molecule has 1 aliphatic heterocycles. The minimum atomic E-state index is -0.152. The van der Waals surface area contributed by atoms with E-state index < -0.39 is 0 Å². The summed E-state index contributed by atoms with van der Waals surface area (Å²) in [6, 6.07) is 5.46. The summed E-state index contributed by atoms with van der Waals surface area (Å²) >= 11 is 12.0. The van der Waals surface area contributed by atoms with Crippen molar-refractivity contribution in [2.45, 2.75) is 19.8 Å². The lowest BCUT2D eigenvalue weighted by atomic mass is 9.89. The highest BCUT2D eigenvalue weighted by molar-refractivity contribution is 6.42. The average Bonchev–Trinajstić information content (AvgIpc) is 2.31. The Hall–Kier alpha value is -1.32. The minimum Gasteiger partial charge on any atom is -0.400 e. The van der Waals surface area contributed by atoms with E-state index in [9.17, 15) is 0 Å². The Bertz CT molecular complexity index is 537. The molecule has 0 radical (unpaired) electrons. The highest BCUT2D eigenvalue weighted by atomic mass is 35.5. The minimum absolute atomic E-state index is 0.152. The van der Waals surface area contributed by atoms with Gasteiger partial charge in [-0.3, -0.25) is 0 Å². The van der Waals surface area contributed by atoms with Crippen LogP contribution in [0.1, 0.15) is 25.3 Å². The number of nitrogens with two attached hydrogens (primary N) is 2. The molecule has 0 fully saturated rings. The van der Waals surface area contributed by atoms with Crippen molar-refractivity contribution in [2.24, 2.45) is 11.5 Å². The highest BCUT2D eigenvalue weighted by Crippen LogP contribution is 2.35. The molecule has 0 bridgehead atoms. The molecule has 18 heavy (non-hydrogen) atoms. The van der Waals surface area contributed by atoms with E-state index in [-0.39, 0.29) is 5.92 Å². The first kappa shape index (κ1) is 13.1. The molecular weight excluding hydrogens is 269 g/mol. The maximum absolute atomic E-state index is 6.12. The summed E-state index contributed by atoms with van der Waals surface area (Å²) < 4.78 is 0. The lowest BCUT2D eigenvalue weighted by Gasteiger charge is -2.28. The van der Waals surface area contributed by atoms with E-state index in [2.05, 4.69) is 5.32 Å². The maximum atomic E-state index is 6.12. The Morgan fingerprint density at radius 3 is 2.06 bits per heavy atom. The Morgan fingerprint density at radius 1 is 1.00 bits per heavy atom. The molecule has 1 aliphatic rings. The molecule has 96 valence electrons. The molecule has 0 unspecified atom stereocenters. The first-order valence-electron chi connectivity index (χ1n) is 5.56. The van der Waals surface area contributed by atoms with E-state index >= 15 is 0 Å². The lowest BCUT2D eigenvalue weighted by Crippen LogP contribution is -2.31. The van der Waals surface area contributed by atoms with Crippen molar-refractivity contribution in [3.63, 3.8) is 0 Å². The van der Waals surface area contributed by atoms with Gasteiger partial charge in [-0.25, -0.2) is 0 Å². The topological polar surface area (TPSA) is 64.1 Å². The van der Waals surface area contributed by atoms with Crippen molar-refractivity contribution >= 4 is 23.2 Å². The number of rotatable bonds is 1. The fourth-order valence-corrected chi connectivity index (χ4v) is 2.38. The molecule has 0 aliphatic carbocycles. The van der Waals surface area contributed by atoms with Crippen LogP contribution in [-0.4, -0.2) is 0 Å². The molecule has 1 aromatic rings. The number of halogens is 2. The Labute approximate surface area is 116 Å². The largest absolute Gasteiger partial charge is 0.400 e. The van der Waals surface area contributed by atoms with Gasteiger partial charge in [0.25, 0.3) is 0 Å². The Kier molecular flexibility index (Phi) is 3.46. The standard InChI is InChI=1S/C13H15Cl2N3/c1-6-12(16)11(13(17)7(2)18-6)8-3-4-9(14)10(15)5-8/h3-5,11,18H,16-17H2,1-2H3. The zero-order chi connectivity index (χ0) is 13.4. The molecular formula is C13H15Cl2N3. The predicted molar refractivity (Wildman–Crippen MR) is 76.1 cm³/mol. The summed E-state index contributed by atoms with van der Waals surface area (Å²) in [5, 5.41) is 4.18. The molecule has 0 saturated heterocycles. The molecule has 0 atom stereocenters. The predicted octanol–water partition coefficient (Wildman–Crippen LogP) is 3.06. The Balaban J connectivity index is 2.53. The summed E-state index contributed by atoms with van der Waals surface area (Å²) in [4.78, 5) is 0. The van der Waals surface area contributed by atoms with Gasteiger partial charge in [0, 0.05) is 22.8 Å². The van der Waals surface area contributed by atoms with Gasteiger partial charge in [-0.1, -0.05) is 29.3 Å². The molecule has 0 aromatic heterocycles. The van der Waals surface area contributed by atoms with Gasteiger partial charge >= 0.3 is 0 Å². The van der Waals surface area contributed by atoms with Crippen LogP contribution in [0, 0.1) is 0 Å². The van der Waals surface area contributed by atoms with Crippen LogP contribution < -0.4 is 16.8 Å². The third-order valence-electron chi connectivity index (χ3n) is 3.14. The van der Waals surface area contributed by atoms with Gasteiger partial charge in [-0.05, 0) is 31.5 Å². The summed E-state index contributed by atoms with van der Waals surface area (Å²) in [6.45, 7) is 3.85. The van der Waals surface area contributed by atoms with Crippen LogP contribution in [0.3, 0.4) is 0 Å². The van der Waals surface area contributed by atoms with Gasteiger partial charge in [-0.2, -0.15) is 0 Å². The molecule has 0 amide bonds. The van der Waals surface area contributed by atoms with Crippen molar-refractivity contribution in [1.29, 1.82) is 0 Å². The zero-order valence-electron chi connectivity index (χ0n) is 10.2. The second-order valence-electron chi connectivity index (χ2n) is 4.39. The van der Waals surface area contributed by atoms with Crippen LogP contribution in [-0.2, 0) is 0 Å². The molecule has 1 aromatic carbocycles. The third kappa shape index (κ3) is 2.16. The number of dihydropyridines is 1. The quantitative estimate of drug-likeness (QED) is 0.742. The van der Waals surface area contributed by atoms with Crippen LogP contribution >= 0.6 is 23.2 Å². The van der Waals surface area contributed by atoms with Crippen molar-refractivity contribution < 1.29 is 0 Å². The molecule has 3 nitrogen and oxygen atoms in total. The second kappa shape index (κ2) is 4.75. The maximum Gasteiger partial charge on any atom is 0.0666 e. The van der Waals surface area contributed by atoms with Crippen molar-refractivity contribution in [2.75, 3.05) is 0 Å². The molecule has 2 rings (SSSR count). The summed E-state index contributed by atoms with van der Waals surface area (Å²) in [5.74, 6) is -0.152. The number of hydrogen-bond acceptors (Lipinski definition) is 3. The van der Waals surface area contributed by atoms with E-state index in [1.165, 1.54) is 0 Å². The Morgan fingerprint density at radius 2 is 1.56 bits per heavy atom. The van der Waals surface area contributed by atoms with Gasteiger partial charge in [-0.15, -0.1) is 0 Å². The van der Waals surface area contributed by atoms with Crippen LogP contribution in [0.4, 0.5) is 0 Å². The lowest BCUT2D eigenvalue weighted by molar-refractivity contribution is 0.753. The van der Waals surface area contributed by atoms with Gasteiger partial charge in [0.1, 0.15) is 0 Å². The van der Waals surface area contributed by atoms with Crippen LogP contribution in [0.15, 0.2) is 41.0 Å². The summed E-state index contributed by atoms with van der Waals surface area (Å²) in [5.41, 5.74) is 16.4. The smallest absolute Gasteiger partial charge is 0.0666 e. The van der Waals surface area contributed by atoms with E-state index in [1.807, 2.05) is 19.9 Å². The van der Waals surface area contributed by atoms with Crippen molar-refractivity contribution in [3.05, 3.63) is 56.6 Å². The number of allylic oxidation sites excluding steroid dienone is 2. The SMILES string of the molecule is CC1=C(N)C(c2ccc(Cl)c(Cl)c2)C(N)=C(C)N1. The summed E-state index contributed by atoms with van der Waals surface area (Å²) in [7, 11) is 0. The second-order valence-corrected chi connectivity index (χ2v) is 5.21. The third-order valence-corrected chi connectivity index (χ3v) is 3.88. The fraction of sp³-hybridized carbons (Fsp3) is 0.231. The first-order chi connectivity index (χ1) is 8.41. The van der Waals surface area contributed by atoms with E-state index in [4.69, 9.17) is 34.7 Å². The highest BCUT2D eigenvalue weighted by Gasteiger charge is 2.25. The van der Waals surface area contributed by atoms with Crippen LogP contribution in [0.25, 0.3) is 0 Å². The number of hydrogen-bond donors (Lipinski definition) is 3.